The Balaban J connectivity index is 1.42. The largest absolute Gasteiger partial charge is 0.374 e. The van der Waals surface area contributed by atoms with Crippen molar-refractivity contribution in [1.29, 1.82) is 0 Å². The van der Waals surface area contributed by atoms with E-state index in [-0.39, 0.29) is 23.4 Å². The third kappa shape index (κ3) is 6.73. The summed E-state index contributed by atoms with van der Waals surface area (Å²) in [5.74, 6) is -1.71. The summed E-state index contributed by atoms with van der Waals surface area (Å²) in [6, 6.07) is 15.6. The summed E-state index contributed by atoms with van der Waals surface area (Å²) < 4.78 is 50.5. The number of hydrogen-bond acceptors (Lipinski definition) is 1. The molecule has 37 heavy (non-hydrogen) atoms. The van der Waals surface area contributed by atoms with Crippen molar-refractivity contribution in [2.24, 2.45) is 0 Å². The molecule has 0 radical (unpaired) electrons. The first-order valence-electron chi connectivity index (χ1n) is 13.6. The van der Waals surface area contributed by atoms with Crippen LogP contribution >= 0.6 is 0 Å². The normalized spacial score (nSPS) is 17.6. The Morgan fingerprint density at radius 2 is 1.49 bits per heavy atom. The van der Waals surface area contributed by atoms with Gasteiger partial charge in [0.25, 0.3) is 0 Å². The van der Waals surface area contributed by atoms with Gasteiger partial charge in [-0.25, -0.2) is 13.2 Å². The Morgan fingerprint density at radius 1 is 0.811 bits per heavy atom. The van der Waals surface area contributed by atoms with Crippen LogP contribution in [-0.2, 0) is 11.2 Å². The van der Waals surface area contributed by atoms with Gasteiger partial charge < -0.3 is 4.74 Å². The minimum Gasteiger partial charge on any atom is -0.374 e. The number of benzene rings is 3. The predicted octanol–water partition coefficient (Wildman–Crippen LogP) is 9.79. The van der Waals surface area contributed by atoms with Crippen LogP contribution in [0.5, 0.6) is 0 Å². The second kappa shape index (κ2) is 13.1. The number of halogens is 3. The SMILES string of the molecule is C=CC1CCC(c2ccc(-c3ccc(-c4ccc(CCCCCCCC)c(F)c4F)cc3)c(F)c2)CO1. The molecule has 1 nitrogen and oxygen atoms in total. The monoisotopic (exact) mass is 506 g/mol. The van der Waals surface area contributed by atoms with Crippen LogP contribution in [-0.4, -0.2) is 12.7 Å². The second-order valence-corrected chi connectivity index (χ2v) is 10.1. The van der Waals surface area contributed by atoms with Crippen molar-refractivity contribution in [3.8, 4) is 22.3 Å². The molecule has 0 aromatic heterocycles. The summed E-state index contributed by atoms with van der Waals surface area (Å²) in [5, 5.41) is 0. The fraction of sp³-hybridized carbons (Fsp3) is 0.394. The molecule has 0 N–H and O–H groups in total. The number of ether oxygens (including phenoxy) is 1. The molecule has 0 spiro atoms. The summed E-state index contributed by atoms with van der Waals surface area (Å²) in [6.45, 7) is 6.51. The Kier molecular flexibility index (Phi) is 9.62. The first-order valence-corrected chi connectivity index (χ1v) is 13.6. The van der Waals surface area contributed by atoms with Crippen LogP contribution in [0.3, 0.4) is 0 Å². The Bertz CT molecular complexity index is 1180. The molecular weight excluding hydrogens is 469 g/mol. The zero-order chi connectivity index (χ0) is 26.2. The van der Waals surface area contributed by atoms with Gasteiger partial charge in [0.05, 0.1) is 12.7 Å². The van der Waals surface area contributed by atoms with E-state index in [0.29, 0.717) is 35.3 Å². The number of aryl methyl sites for hydroxylation is 1. The molecular formula is C33H37F3O. The summed E-state index contributed by atoms with van der Waals surface area (Å²) in [4.78, 5) is 0. The topological polar surface area (TPSA) is 9.23 Å². The van der Waals surface area contributed by atoms with Crippen LogP contribution in [0.1, 0.15) is 75.3 Å². The van der Waals surface area contributed by atoms with Gasteiger partial charge in [-0.05, 0) is 54.0 Å². The van der Waals surface area contributed by atoms with Crippen LogP contribution in [0.25, 0.3) is 22.3 Å². The summed E-state index contributed by atoms with van der Waals surface area (Å²) in [7, 11) is 0. The van der Waals surface area contributed by atoms with E-state index in [2.05, 4.69) is 13.5 Å². The van der Waals surface area contributed by atoms with E-state index in [1.165, 1.54) is 19.3 Å². The summed E-state index contributed by atoms with van der Waals surface area (Å²) >= 11 is 0. The highest BCUT2D eigenvalue weighted by molar-refractivity contribution is 5.71. The molecule has 1 aliphatic rings. The lowest BCUT2D eigenvalue weighted by Crippen LogP contribution is -2.23. The molecule has 3 aromatic rings. The van der Waals surface area contributed by atoms with Crippen molar-refractivity contribution in [1.82, 2.24) is 0 Å². The molecule has 4 rings (SSSR count). The lowest BCUT2D eigenvalue weighted by molar-refractivity contribution is 0.0328. The smallest absolute Gasteiger partial charge is 0.166 e. The second-order valence-electron chi connectivity index (χ2n) is 10.1. The van der Waals surface area contributed by atoms with E-state index in [4.69, 9.17) is 4.74 Å². The van der Waals surface area contributed by atoms with E-state index in [0.717, 1.165) is 37.7 Å². The van der Waals surface area contributed by atoms with Gasteiger partial charge in [0.15, 0.2) is 11.6 Å². The van der Waals surface area contributed by atoms with Gasteiger partial charge in [0, 0.05) is 17.0 Å². The van der Waals surface area contributed by atoms with E-state index in [1.807, 2.05) is 12.1 Å². The quantitative estimate of drug-likeness (QED) is 0.186. The third-order valence-corrected chi connectivity index (χ3v) is 7.51. The lowest BCUT2D eigenvalue weighted by Gasteiger charge is -2.27. The average Bonchev–Trinajstić information content (AvgIpc) is 2.93. The van der Waals surface area contributed by atoms with E-state index < -0.39 is 11.6 Å². The van der Waals surface area contributed by atoms with Gasteiger partial charge in [-0.2, -0.15) is 0 Å². The van der Waals surface area contributed by atoms with E-state index >= 15 is 4.39 Å². The van der Waals surface area contributed by atoms with Crippen molar-refractivity contribution >= 4 is 0 Å². The molecule has 2 unspecified atom stereocenters. The summed E-state index contributed by atoms with van der Waals surface area (Å²) in [5.41, 5.74) is 3.33. The minimum atomic E-state index is -0.819. The Labute approximate surface area is 219 Å². The first kappa shape index (κ1) is 27.2. The zero-order valence-corrected chi connectivity index (χ0v) is 21.7. The molecule has 1 heterocycles. The van der Waals surface area contributed by atoms with Gasteiger partial charge in [0.2, 0.25) is 0 Å². The van der Waals surface area contributed by atoms with Crippen LogP contribution in [0.15, 0.2) is 67.3 Å². The van der Waals surface area contributed by atoms with Gasteiger partial charge in [-0.15, -0.1) is 6.58 Å². The van der Waals surface area contributed by atoms with Crippen LogP contribution in [0, 0.1) is 17.5 Å². The van der Waals surface area contributed by atoms with E-state index in [9.17, 15) is 8.78 Å². The highest BCUT2D eigenvalue weighted by Gasteiger charge is 2.22. The molecule has 0 saturated carbocycles. The minimum absolute atomic E-state index is 0.0775. The molecule has 1 saturated heterocycles. The Hall–Kier alpha value is -2.85. The molecule has 4 heteroatoms. The standard InChI is InChI=1S/C33H37F3O/c1-3-5-6-7-8-9-10-25-16-20-30(33(36)32(25)35)24-13-11-23(12-14-24)29-19-17-26(21-31(29)34)27-15-18-28(4-2)37-22-27/h4,11-14,16-17,19-21,27-28H,2-3,5-10,15,18,22H2,1H3. The maximum absolute atomic E-state index is 15.0. The van der Waals surface area contributed by atoms with Gasteiger partial charge in [-0.3, -0.25) is 0 Å². The van der Waals surface area contributed by atoms with Crippen LogP contribution in [0.4, 0.5) is 13.2 Å². The zero-order valence-electron chi connectivity index (χ0n) is 21.7. The fourth-order valence-corrected chi connectivity index (χ4v) is 5.17. The van der Waals surface area contributed by atoms with Crippen molar-refractivity contribution in [3.63, 3.8) is 0 Å². The van der Waals surface area contributed by atoms with Crippen LogP contribution in [0.2, 0.25) is 0 Å². The molecule has 0 aliphatic carbocycles. The number of unbranched alkanes of at least 4 members (excludes halogenated alkanes) is 5. The maximum atomic E-state index is 15.0. The first-order chi connectivity index (χ1) is 18.0. The molecule has 1 fully saturated rings. The van der Waals surface area contributed by atoms with Crippen molar-refractivity contribution < 1.29 is 17.9 Å². The van der Waals surface area contributed by atoms with Crippen molar-refractivity contribution in [3.05, 3.63) is 95.8 Å². The highest BCUT2D eigenvalue weighted by Crippen LogP contribution is 2.33. The summed E-state index contributed by atoms with van der Waals surface area (Å²) in [6.07, 6.45) is 10.9. The molecule has 3 aromatic carbocycles. The predicted molar refractivity (Wildman–Crippen MR) is 146 cm³/mol. The Morgan fingerprint density at radius 3 is 2.14 bits per heavy atom. The third-order valence-electron chi connectivity index (χ3n) is 7.51. The maximum Gasteiger partial charge on any atom is 0.166 e. The van der Waals surface area contributed by atoms with Crippen molar-refractivity contribution in [2.75, 3.05) is 6.61 Å². The van der Waals surface area contributed by atoms with Crippen LogP contribution < -0.4 is 0 Å². The average molecular weight is 507 g/mol. The highest BCUT2D eigenvalue weighted by atomic mass is 19.2. The molecule has 1 aliphatic heterocycles. The molecule has 2 atom stereocenters. The molecule has 0 bridgehead atoms. The van der Waals surface area contributed by atoms with E-state index in [1.54, 1.807) is 48.5 Å². The van der Waals surface area contributed by atoms with Gasteiger partial charge in [-0.1, -0.05) is 93.6 Å². The van der Waals surface area contributed by atoms with Crippen molar-refractivity contribution in [2.45, 2.75) is 76.7 Å². The molecule has 196 valence electrons. The number of rotatable bonds is 11. The van der Waals surface area contributed by atoms with Gasteiger partial charge >= 0.3 is 0 Å². The lowest BCUT2D eigenvalue weighted by atomic mass is 9.90. The van der Waals surface area contributed by atoms with Gasteiger partial charge in [0.1, 0.15) is 5.82 Å². The number of hydrogen-bond donors (Lipinski definition) is 0. The fourth-order valence-electron chi connectivity index (χ4n) is 5.17. The molecule has 0 amide bonds.